The molecule has 116 valence electrons. The number of nitrogens with zero attached hydrogens (tertiary/aromatic N) is 2. The maximum Gasteiger partial charge on any atom is 0.234 e. The average molecular weight is 327 g/mol. The lowest BCUT2D eigenvalue weighted by Crippen LogP contribution is -2.15. The second-order valence-corrected chi connectivity index (χ2v) is 5.96. The number of carbonyl (C=O) groups excluding carboxylic acids is 1. The van der Waals surface area contributed by atoms with Crippen molar-refractivity contribution < 1.29 is 9.18 Å². The minimum absolute atomic E-state index is 0.191. The van der Waals surface area contributed by atoms with Crippen LogP contribution in [0.3, 0.4) is 0 Å². The van der Waals surface area contributed by atoms with E-state index in [1.54, 1.807) is 6.07 Å². The predicted octanol–water partition coefficient (Wildman–Crippen LogP) is 3.81. The average Bonchev–Trinajstić information content (AvgIpc) is 2.56. The van der Waals surface area contributed by atoms with Crippen molar-refractivity contribution in [3.8, 4) is 0 Å². The summed E-state index contributed by atoms with van der Waals surface area (Å²) in [4.78, 5) is 20.5. The zero-order valence-corrected chi connectivity index (χ0v) is 13.2. The number of fused-ring (bicyclic) bond motifs is 1. The lowest BCUT2D eigenvalue weighted by molar-refractivity contribution is -0.113. The number of anilines is 1. The zero-order chi connectivity index (χ0) is 16.2. The molecule has 1 aromatic heterocycles. The highest BCUT2D eigenvalue weighted by Crippen LogP contribution is 2.24. The molecule has 1 N–H and O–H groups in total. The van der Waals surface area contributed by atoms with E-state index in [4.69, 9.17) is 0 Å². The lowest BCUT2D eigenvalue weighted by atomic mass is 10.2. The SMILES string of the molecule is Cc1ccc(F)cc1NC(=O)CSc1ncnc2ccccc12. The summed E-state index contributed by atoms with van der Waals surface area (Å²) >= 11 is 1.33. The van der Waals surface area contributed by atoms with Crippen LogP contribution in [-0.2, 0) is 4.79 Å². The van der Waals surface area contributed by atoms with Gasteiger partial charge in [-0.2, -0.15) is 0 Å². The summed E-state index contributed by atoms with van der Waals surface area (Å²) in [5, 5.41) is 4.39. The van der Waals surface area contributed by atoms with Crippen LogP contribution in [0.2, 0.25) is 0 Å². The van der Waals surface area contributed by atoms with Crippen LogP contribution in [0.4, 0.5) is 10.1 Å². The van der Waals surface area contributed by atoms with Gasteiger partial charge < -0.3 is 5.32 Å². The first-order chi connectivity index (χ1) is 11.1. The van der Waals surface area contributed by atoms with E-state index in [1.165, 1.54) is 30.2 Å². The highest BCUT2D eigenvalue weighted by Gasteiger charge is 2.09. The van der Waals surface area contributed by atoms with Gasteiger partial charge in [-0.05, 0) is 30.7 Å². The number of hydrogen-bond acceptors (Lipinski definition) is 4. The third kappa shape index (κ3) is 3.65. The summed E-state index contributed by atoms with van der Waals surface area (Å²) in [6.45, 7) is 1.82. The maximum atomic E-state index is 13.2. The van der Waals surface area contributed by atoms with E-state index in [2.05, 4.69) is 15.3 Å². The number of halogens is 1. The Labute approximate surface area is 137 Å². The summed E-state index contributed by atoms with van der Waals surface area (Å²) < 4.78 is 13.2. The van der Waals surface area contributed by atoms with Crippen LogP contribution in [0, 0.1) is 12.7 Å². The number of carbonyl (C=O) groups is 1. The Bertz CT molecular complexity index is 864. The molecule has 0 unspecified atom stereocenters. The smallest absolute Gasteiger partial charge is 0.234 e. The van der Waals surface area contributed by atoms with Crippen molar-refractivity contribution in [1.29, 1.82) is 0 Å². The molecule has 0 aliphatic rings. The van der Waals surface area contributed by atoms with Gasteiger partial charge in [-0.15, -0.1) is 0 Å². The minimum atomic E-state index is -0.375. The van der Waals surface area contributed by atoms with Gasteiger partial charge in [0, 0.05) is 11.1 Å². The molecule has 3 aromatic rings. The molecule has 4 nitrogen and oxygen atoms in total. The Hall–Kier alpha value is -2.47. The lowest BCUT2D eigenvalue weighted by Gasteiger charge is -2.08. The Morgan fingerprint density at radius 1 is 1.22 bits per heavy atom. The number of thioether (sulfide) groups is 1. The van der Waals surface area contributed by atoms with Crippen LogP contribution >= 0.6 is 11.8 Å². The van der Waals surface area contributed by atoms with Crippen LogP contribution in [-0.4, -0.2) is 21.6 Å². The van der Waals surface area contributed by atoms with Gasteiger partial charge in [0.15, 0.2) is 0 Å². The summed E-state index contributed by atoms with van der Waals surface area (Å²) in [5.74, 6) is -0.386. The topological polar surface area (TPSA) is 54.9 Å². The van der Waals surface area contributed by atoms with E-state index >= 15 is 0 Å². The van der Waals surface area contributed by atoms with E-state index in [0.717, 1.165) is 21.5 Å². The molecule has 0 fully saturated rings. The number of aromatic nitrogens is 2. The summed E-state index contributed by atoms with van der Waals surface area (Å²) in [6, 6.07) is 12.0. The number of amides is 1. The molecule has 0 bridgehead atoms. The normalized spacial score (nSPS) is 10.7. The molecule has 3 rings (SSSR count). The Morgan fingerprint density at radius 2 is 2.04 bits per heavy atom. The van der Waals surface area contributed by atoms with Crippen LogP contribution in [0.5, 0.6) is 0 Å². The van der Waals surface area contributed by atoms with Crippen molar-refractivity contribution in [2.75, 3.05) is 11.1 Å². The predicted molar refractivity (Wildman–Crippen MR) is 90.0 cm³/mol. The van der Waals surface area contributed by atoms with Gasteiger partial charge in [-0.1, -0.05) is 36.0 Å². The van der Waals surface area contributed by atoms with Crippen LogP contribution < -0.4 is 5.32 Å². The molecule has 23 heavy (non-hydrogen) atoms. The summed E-state index contributed by atoms with van der Waals surface area (Å²) in [5.41, 5.74) is 2.15. The monoisotopic (exact) mass is 327 g/mol. The molecule has 1 heterocycles. The van der Waals surface area contributed by atoms with Crippen molar-refractivity contribution >= 4 is 34.3 Å². The van der Waals surface area contributed by atoms with Gasteiger partial charge in [-0.25, -0.2) is 14.4 Å². The van der Waals surface area contributed by atoms with E-state index < -0.39 is 0 Å². The van der Waals surface area contributed by atoms with E-state index in [1.807, 2.05) is 31.2 Å². The molecule has 0 spiro atoms. The fraction of sp³-hybridized carbons (Fsp3) is 0.118. The standard InChI is InChI=1S/C17H14FN3OS/c1-11-6-7-12(18)8-15(11)21-16(22)9-23-17-13-4-2-3-5-14(13)19-10-20-17/h2-8,10H,9H2,1H3,(H,21,22). The van der Waals surface area contributed by atoms with Gasteiger partial charge in [0.2, 0.25) is 5.91 Å². The van der Waals surface area contributed by atoms with E-state index in [0.29, 0.717) is 5.69 Å². The third-order valence-electron chi connectivity index (χ3n) is 3.32. The molecule has 0 aliphatic heterocycles. The first kappa shape index (κ1) is 15.4. The van der Waals surface area contributed by atoms with E-state index in [9.17, 15) is 9.18 Å². The fourth-order valence-electron chi connectivity index (χ4n) is 2.14. The second kappa shape index (κ2) is 6.75. The summed E-state index contributed by atoms with van der Waals surface area (Å²) in [7, 11) is 0. The molecule has 0 aliphatic carbocycles. The highest BCUT2D eigenvalue weighted by atomic mass is 32.2. The van der Waals surface area contributed by atoms with Crippen molar-refractivity contribution in [2.45, 2.75) is 11.9 Å². The fourth-order valence-corrected chi connectivity index (χ4v) is 2.93. The molecule has 0 radical (unpaired) electrons. The Kier molecular flexibility index (Phi) is 4.52. The molecular formula is C17H14FN3OS. The molecule has 6 heteroatoms. The molecule has 1 amide bonds. The van der Waals surface area contributed by atoms with Gasteiger partial charge in [0.05, 0.1) is 11.3 Å². The number of para-hydroxylation sites is 1. The second-order valence-electron chi connectivity index (χ2n) is 4.99. The molecule has 0 saturated heterocycles. The quantitative estimate of drug-likeness (QED) is 0.585. The number of hydrogen-bond donors (Lipinski definition) is 1. The van der Waals surface area contributed by atoms with Crippen molar-refractivity contribution in [3.05, 3.63) is 60.2 Å². The Balaban J connectivity index is 1.70. The third-order valence-corrected chi connectivity index (χ3v) is 4.33. The van der Waals surface area contributed by atoms with Gasteiger partial charge in [-0.3, -0.25) is 4.79 Å². The number of benzene rings is 2. The maximum absolute atomic E-state index is 13.2. The Morgan fingerprint density at radius 3 is 2.91 bits per heavy atom. The van der Waals surface area contributed by atoms with Crippen molar-refractivity contribution in [2.24, 2.45) is 0 Å². The molecule has 2 aromatic carbocycles. The minimum Gasteiger partial charge on any atom is -0.325 e. The van der Waals surface area contributed by atoms with Gasteiger partial charge in [0.25, 0.3) is 0 Å². The van der Waals surface area contributed by atoms with Gasteiger partial charge in [0.1, 0.15) is 17.2 Å². The van der Waals surface area contributed by atoms with Crippen LogP contribution in [0.25, 0.3) is 10.9 Å². The van der Waals surface area contributed by atoms with E-state index in [-0.39, 0.29) is 17.5 Å². The molecular weight excluding hydrogens is 313 g/mol. The molecule has 0 saturated carbocycles. The van der Waals surface area contributed by atoms with Crippen molar-refractivity contribution in [3.63, 3.8) is 0 Å². The van der Waals surface area contributed by atoms with Crippen LogP contribution in [0.15, 0.2) is 53.8 Å². The summed E-state index contributed by atoms with van der Waals surface area (Å²) in [6.07, 6.45) is 1.49. The van der Waals surface area contributed by atoms with Crippen molar-refractivity contribution in [1.82, 2.24) is 9.97 Å². The number of aryl methyl sites for hydroxylation is 1. The molecule has 0 atom stereocenters. The first-order valence-electron chi connectivity index (χ1n) is 7.02. The van der Waals surface area contributed by atoms with Gasteiger partial charge >= 0.3 is 0 Å². The van der Waals surface area contributed by atoms with Crippen LogP contribution in [0.1, 0.15) is 5.56 Å². The zero-order valence-electron chi connectivity index (χ0n) is 12.4. The first-order valence-corrected chi connectivity index (χ1v) is 8.00. The number of nitrogens with one attached hydrogen (secondary N) is 1. The number of rotatable bonds is 4. The highest BCUT2D eigenvalue weighted by molar-refractivity contribution is 8.00. The largest absolute Gasteiger partial charge is 0.325 e.